The number of aryl methyl sites for hydroxylation is 3. The van der Waals surface area contributed by atoms with Gasteiger partial charge in [0.05, 0.1) is 5.69 Å². The van der Waals surface area contributed by atoms with E-state index in [-0.39, 0.29) is 5.91 Å². The normalized spacial score (nSPS) is 15.1. The number of piperazine rings is 1. The number of carbonyl (C=O) groups is 1. The number of aromatic nitrogens is 4. The molecule has 0 spiro atoms. The highest BCUT2D eigenvalue weighted by Crippen LogP contribution is 2.19. The lowest BCUT2D eigenvalue weighted by molar-refractivity contribution is 0.0735. The second-order valence-corrected chi connectivity index (χ2v) is 6.95. The molecule has 0 saturated carbocycles. The zero-order valence-corrected chi connectivity index (χ0v) is 15.7. The quantitative estimate of drug-likeness (QED) is 0.852. The molecule has 25 heavy (non-hydrogen) atoms. The van der Waals surface area contributed by atoms with Crippen LogP contribution in [0.1, 0.15) is 47.5 Å². The molecule has 1 fully saturated rings. The fourth-order valence-corrected chi connectivity index (χ4v) is 3.11. The minimum atomic E-state index is 0.0458. The molecule has 0 unspecified atom stereocenters. The van der Waals surface area contributed by atoms with Crippen molar-refractivity contribution in [3.8, 4) is 0 Å². The Hall–Kier alpha value is -2.44. The lowest BCUT2D eigenvalue weighted by Crippen LogP contribution is -2.49. The number of nitrogens with zero attached hydrogens (tertiary/aromatic N) is 6. The topological polar surface area (TPSA) is 67.2 Å². The summed E-state index contributed by atoms with van der Waals surface area (Å²) in [6, 6.07) is 3.87. The molecule has 3 heterocycles. The van der Waals surface area contributed by atoms with Gasteiger partial charge in [0, 0.05) is 50.9 Å². The molecule has 7 nitrogen and oxygen atoms in total. The van der Waals surface area contributed by atoms with E-state index in [4.69, 9.17) is 4.98 Å². The molecule has 134 valence electrons. The van der Waals surface area contributed by atoms with Crippen molar-refractivity contribution < 1.29 is 4.79 Å². The van der Waals surface area contributed by atoms with Crippen molar-refractivity contribution >= 4 is 11.7 Å². The van der Waals surface area contributed by atoms with Crippen LogP contribution in [0.25, 0.3) is 0 Å². The summed E-state index contributed by atoms with van der Waals surface area (Å²) in [5.74, 6) is 2.18. The number of rotatable bonds is 3. The minimum absolute atomic E-state index is 0.0458. The van der Waals surface area contributed by atoms with Crippen LogP contribution in [0, 0.1) is 13.8 Å². The standard InChI is InChI=1S/C18H26N6O/c1-12(2)17-19-13(3)11-16(20-17)23-6-8-24(9-7-23)18(25)15-10-14(4)21-22(15)5/h10-12H,6-9H2,1-5H3. The summed E-state index contributed by atoms with van der Waals surface area (Å²) in [6.45, 7) is 11.0. The van der Waals surface area contributed by atoms with Crippen molar-refractivity contribution in [2.75, 3.05) is 31.1 Å². The zero-order chi connectivity index (χ0) is 18.1. The summed E-state index contributed by atoms with van der Waals surface area (Å²) in [6.07, 6.45) is 0. The predicted octanol–water partition coefficient (Wildman–Crippen LogP) is 1.91. The molecule has 2 aromatic heterocycles. The van der Waals surface area contributed by atoms with Crippen LogP contribution < -0.4 is 4.90 Å². The smallest absolute Gasteiger partial charge is 0.272 e. The van der Waals surface area contributed by atoms with E-state index in [9.17, 15) is 4.79 Å². The minimum Gasteiger partial charge on any atom is -0.353 e. The zero-order valence-electron chi connectivity index (χ0n) is 15.7. The van der Waals surface area contributed by atoms with Crippen LogP contribution in [0.5, 0.6) is 0 Å². The van der Waals surface area contributed by atoms with Crippen molar-refractivity contribution in [1.29, 1.82) is 0 Å². The molecule has 0 atom stereocenters. The van der Waals surface area contributed by atoms with E-state index >= 15 is 0 Å². The van der Waals surface area contributed by atoms with Crippen LogP contribution in [-0.2, 0) is 7.05 Å². The highest BCUT2D eigenvalue weighted by atomic mass is 16.2. The number of anilines is 1. The van der Waals surface area contributed by atoms with E-state index in [2.05, 4.69) is 28.8 Å². The van der Waals surface area contributed by atoms with Crippen molar-refractivity contribution in [3.05, 3.63) is 35.0 Å². The molecule has 1 aliphatic rings. The van der Waals surface area contributed by atoms with Gasteiger partial charge in [-0.15, -0.1) is 0 Å². The van der Waals surface area contributed by atoms with Crippen LogP contribution >= 0.6 is 0 Å². The first kappa shape index (κ1) is 17.4. The van der Waals surface area contributed by atoms with Crippen molar-refractivity contribution in [1.82, 2.24) is 24.6 Å². The average molecular weight is 342 g/mol. The van der Waals surface area contributed by atoms with Crippen LogP contribution in [-0.4, -0.2) is 56.7 Å². The number of hydrogen-bond acceptors (Lipinski definition) is 5. The first-order chi connectivity index (χ1) is 11.8. The third kappa shape index (κ3) is 3.65. The first-order valence-electron chi connectivity index (χ1n) is 8.75. The Kier molecular flexibility index (Phi) is 4.74. The summed E-state index contributed by atoms with van der Waals surface area (Å²) in [5, 5.41) is 4.27. The van der Waals surface area contributed by atoms with Gasteiger partial charge in [-0.1, -0.05) is 13.8 Å². The van der Waals surface area contributed by atoms with Crippen LogP contribution in [0.4, 0.5) is 5.82 Å². The largest absolute Gasteiger partial charge is 0.353 e. The van der Waals surface area contributed by atoms with Crippen LogP contribution in [0.3, 0.4) is 0 Å². The van der Waals surface area contributed by atoms with Gasteiger partial charge < -0.3 is 9.80 Å². The maximum atomic E-state index is 12.7. The molecular weight excluding hydrogens is 316 g/mol. The fourth-order valence-electron chi connectivity index (χ4n) is 3.11. The Balaban J connectivity index is 1.70. The number of hydrogen-bond donors (Lipinski definition) is 0. The maximum Gasteiger partial charge on any atom is 0.272 e. The first-order valence-corrected chi connectivity index (χ1v) is 8.75. The molecule has 1 saturated heterocycles. The van der Waals surface area contributed by atoms with Gasteiger partial charge in [-0.2, -0.15) is 5.10 Å². The highest BCUT2D eigenvalue weighted by molar-refractivity contribution is 5.92. The Bertz CT molecular complexity index is 774. The van der Waals surface area contributed by atoms with Gasteiger partial charge in [0.1, 0.15) is 17.3 Å². The van der Waals surface area contributed by atoms with E-state index in [1.54, 1.807) is 4.68 Å². The molecule has 1 aliphatic heterocycles. The Morgan fingerprint density at radius 3 is 2.28 bits per heavy atom. The molecule has 3 rings (SSSR count). The second kappa shape index (κ2) is 6.82. The summed E-state index contributed by atoms with van der Waals surface area (Å²) in [5.41, 5.74) is 2.49. The lowest BCUT2D eigenvalue weighted by Gasteiger charge is -2.35. The Morgan fingerprint density at radius 1 is 1.04 bits per heavy atom. The molecule has 1 amide bonds. The SMILES string of the molecule is Cc1cc(N2CCN(C(=O)c3cc(C)nn3C)CC2)nc(C(C)C)n1. The highest BCUT2D eigenvalue weighted by Gasteiger charge is 2.25. The summed E-state index contributed by atoms with van der Waals surface area (Å²) >= 11 is 0. The molecule has 0 radical (unpaired) electrons. The van der Waals surface area contributed by atoms with Crippen molar-refractivity contribution in [2.24, 2.45) is 7.05 Å². The Labute approximate surface area is 148 Å². The third-order valence-electron chi connectivity index (χ3n) is 4.49. The van der Waals surface area contributed by atoms with E-state index in [0.717, 1.165) is 36.1 Å². The average Bonchev–Trinajstić information content (AvgIpc) is 2.92. The van der Waals surface area contributed by atoms with Gasteiger partial charge in [0.15, 0.2) is 0 Å². The van der Waals surface area contributed by atoms with Gasteiger partial charge in [-0.25, -0.2) is 9.97 Å². The van der Waals surface area contributed by atoms with E-state index < -0.39 is 0 Å². The molecule has 0 aliphatic carbocycles. The van der Waals surface area contributed by atoms with Crippen molar-refractivity contribution in [2.45, 2.75) is 33.6 Å². The van der Waals surface area contributed by atoms with E-state index in [0.29, 0.717) is 24.7 Å². The fraction of sp³-hybridized carbons (Fsp3) is 0.556. The molecule has 0 bridgehead atoms. The molecule has 2 aromatic rings. The second-order valence-electron chi connectivity index (χ2n) is 6.95. The van der Waals surface area contributed by atoms with Gasteiger partial charge in [0.2, 0.25) is 0 Å². The molecule has 0 N–H and O–H groups in total. The number of carbonyl (C=O) groups excluding carboxylic acids is 1. The van der Waals surface area contributed by atoms with Crippen LogP contribution in [0.15, 0.2) is 12.1 Å². The molecule has 7 heteroatoms. The summed E-state index contributed by atoms with van der Waals surface area (Å²) in [4.78, 5) is 26.0. The predicted molar refractivity (Wildman–Crippen MR) is 96.9 cm³/mol. The van der Waals surface area contributed by atoms with Crippen molar-refractivity contribution in [3.63, 3.8) is 0 Å². The summed E-state index contributed by atoms with van der Waals surface area (Å²) in [7, 11) is 1.81. The van der Waals surface area contributed by atoms with Gasteiger partial charge in [0.25, 0.3) is 5.91 Å². The Morgan fingerprint density at radius 2 is 1.72 bits per heavy atom. The molecular formula is C18H26N6O. The number of amides is 1. The lowest BCUT2D eigenvalue weighted by atomic mass is 10.2. The van der Waals surface area contributed by atoms with Crippen LogP contribution in [0.2, 0.25) is 0 Å². The summed E-state index contributed by atoms with van der Waals surface area (Å²) < 4.78 is 1.66. The van der Waals surface area contributed by atoms with Gasteiger partial charge in [-0.3, -0.25) is 9.48 Å². The van der Waals surface area contributed by atoms with Gasteiger partial charge in [-0.05, 0) is 19.9 Å². The van der Waals surface area contributed by atoms with E-state index in [1.165, 1.54) is 0 Å². The van der Waals surface area contributed by atoms with Gasteiger partial charge >= 0.3 is 0 Å². The third-order valence-corrected chi connectivity index (χ3v) is 4.49. The van der Waals surface area contributed by atoms with E-state index in [1.807, 2.05) is 37.9 Å². The maximum absolute atomic E-state index is 12.7. The monoisotopic (exact) mass is 342 g/mol. The molecule has 0 aromatic carbocycles.